The maximum absolute atomic E-state index is 13.6. The van der Waals surface area contributed by atoms with Crippen molar-refractivity contribution >= 4 is 5.97 Å². The number of nitrogens with zero attached hydrogens (tertiary/aromatic N) is 2. The molecule has 1 unspecified atom stereocenters. The van der Waals surface area contributed by atoms with Gasteiger partial charge in [-0.3, -0.25) is 4.79 Å². The van der Waals surface area contributed by atoms with Gasteiger partial charge in [-0.05, 0) is 31.8 Å². The zero-order valence-corrected chi connectivity index (χ0v) is 13.8. The molecule has 0 bridgehead atoms. The summed E-state index contributed by atoms with van der Waals surface area (Å²) in [5.74, 6) is -0.487. The van der Waals surface area contributed by atoms with E-state index in [0.29, 0.717) is 24.4 Å². The largest absolute Gasteiger partial charge is 0.489 e. The number of carbonyl (C=O) groups is 1. The summed E-state index contributed by atoms with van der Waals surface area (Å²) in [6, 6.07) is 0. The minimum Gasteiger partial charge on any atom is -0.489 e. The summed E-state index contributed by atoms with van der Waals surface area (Å²) in [5.41, 5.74) is 0.236. The highest BCUT2D eigenvalue weighted by Crippen LogP contribution is 2.60. The van der Waals surface area contributed by atoms with Gasteiger partial charge in [-0.2, -0.15) is 0 Å². The van der Waals surface area contributed by atoms with E-state index in [-0.39, 0.29) is 24.8 Å². The minimum atomic E-state index is -0.849. The number of carboxylic acid groups (broad SMARTS) is 1. The van der Waals surface area contributed by atoms with Crippen molar-refractivity contribution in [2.75, 3.05) is 6.61 Å². The Morgan fingerprint density at radius 1 is 1.54 bits per heavy atom. The molecule has 6 heteroatoms. The number of halogens is 1. The Labute approximate surface area is 140 Å². The fourth-order valence-electron chi connectivity index (χ4n) is 3.46. The Morgan fingerprint density at radius 2 is 2.33 bits per heavy atom. The lowest BCUT2D eigenvalue weighted by Crippen LogP contribution is -2.28. The van der Waals surface area contributed by atoms with Gasteiger partial charge in [-0.25, -0.2) is 14.4 Å². The van der Waals surface area contributed by atoms with Crippen molar-refractivity contribution in [3.63, 3.8) is 0 Å². The van der Waals surface area contributed by atoms with Crippen LogP contribution >= 0.6 is 0 Å². The van der Waals surface area contributed by atoms with Crippen molar-refractivity contribution in [1.29, 1.82) is 0 Å². The van der Waals surface area contributed by atoms with Crippen LogP contribution in [-0.4, -0.2) is 27.7 Å². The number of hydrogen-bond donors (Lipinski definition) is 1. The van der Waals surface area contributed by atoms with Gasteiger partial charge in [0.25, 0.3) is 0 Å². The lowest BCUT2D eigenvalue weighted by atomic mass is 9.82. The molecule has 24 heavy (non-hydrogen) atoms. The van der Waals surface area contributed by atoms with E-state index in [9.17, 15) is 14.3 Å². The second-order valence-electron chi connectivity index (χ2n) is 6.51. The SMILES string of the molecule is CCc1nc(C)ncc1OC[C@@]1(C2C=CC=C(F)C2)C[C@H]1C(=O)O. The molecule has 0 saturated heterocycles. The molecule has 0 spiro atoms. The smallest absolute Gasteiger partial charge is 0.307 e. The Morgan fingerprint density at radius 3 is 2.96 bits per heavy atom. The minimum absolute atomic E-state index is 0.167. The summed E-state index contributed by atoms with van der Waals surface area (Å²) in [6.45, 7) is 4.02. The van der Waals surface area contributed by atoms with E-state index < -0.39 is 17.3 Å². The summed E-state index contributed by atoms with van der Waals surface area (Å²) in [5, 5.41) is 9.41. The Hall–Kier alpha value is -2.24. The van der Waals surface area contributed by atoms with Crippen molar-refractivity contribution in [1.82, 2.24) is 9.97 Å². The van der Waals surface area contributed by atoms with E-state index >= 15 is 0 Å². The number of rotatable bonds is 6. The van der Waals surface area contributed by atoms with Crippen LogP contribution in [0.4, 0.5) is 4.39 Å². The van der Waals surface area contributed by atoms with Crippen LogP contribution in [0.5, 0.6) is 5.75 Å². The monoisotopic (exact) mass is 332 g/mol. The average Bonchev–Trinajstić information content (AvgIpc) is 3.30. The van der Waals surface area contributed by atoms with E-state index in [2.05, 4.69) is 9.97 Å². The normalized spacial score (nSPS) is 28.4. The standard InChI is InChI=1S/C18H21FN2O3/c1-3-15-16(9-20-11(2)21-15)24-10-18(8-14(18)17(22)23)12-5-4-6-13(19)7-12/h4-6,9,12,14H,3,7-8,10H2,1-2H3,(H,22,23)/t12?,14-,18+/m0/s1. The fraction of sp³-hybridized carbons (Fsp3) is 0.500. The third-order valence-corrected chi connectivity index (χ3v) is 4.97. The highest BCUT2D eigenvalue weighted by molar-refractivity contribution is 5.75. The first-order valence-electron chi connectivity index (χ1n) is 8.17. The predicted molar refractivity (Wildman–Crippen MR) is 86.3 cm³/mol. The van der Waals surface area contributed by atoms with Crippen molar-refractivity contribution in [2.45, 2.75) is 33.1 Å². The lowest BCUT2D eigenvalue weighted by molar-refractivity contribution is -0.140. The van der Waals surface area contributed by atoms with Crippen LogP contribution in [0.2, 0.25) is 0 Å². The molecule has 0 amide bonds. The van der Waals surface area contributed by atoms with Crippen LogP contribution in [0.1, 0.15) is 31.3 Å². The molecule has 3 atom stereocenters. The third kappa shape index (κ3) is 3.05. The first kappa shape index (κ1) is 16.6. The number of ether oxygens (including phenoxy) is 1. The van der Waals surface area contributed by atoms with Gasteiger partial charge in [0.15, 0.2) is 5.75 Å². The second kappa shape index (κ2) is 6.34. The van der Waals surface area contributed by atoms with Crippen molar-refractivity contribution in [3.8, 4) is 5.75 Å². The molecule has 2 aliphatic carbocycles. The first-order chi connectivity index (χ1) is 11.5. The molecule has 1 aromatic rings. The van der Waals surface area contributed by atoms with E-state index in [4.69, 9.17) is 4.74 Å². The van der Waals surface area contributed by atoms with Crippen LogP contribution in [0.25, 0.3) is 0 Å². The van der Waals surface area contributed by atoms with Gasteiger partial charge in [0, 0.05) is 11.8 Å². The van der Waals surface area contributed by atoms with Gasteiger partial charge in [0.05, 0.1) is 24.4 Å². The molecule has 2 aliphatic rings. The predicted octanol–water partition coefficient (Wildman–Crippen LogP) is 3.25. The topological polar surface area (TPSA) is 72.3 Å². The Bertz CT molecular complexity index is 716. The molecule has 0 aromatic carbocycles. The van der Waals surface area contributed by atoms with Gasteiger partial charge in [0.1, 0.15) is 11.7 Å². The number of allylic oxidation sites excluding steroid dienone is 4. The van der Waals surface area contributed by atoms with Crippen LogP contribution in [0.3, 0.4) is 0 Å². The molecular formula is C18H21FN2O3. The summed E-state index contributed by atoms with van der Waals surface area (Å²) in [4.78, 5) is 20.0. The van der Waals surface area contributed by atoms with Crippen molar-refractivity contribution < 1.29 is 19.0 Å². The van der Waals surface area contributed by atoms with Crippen LogP contribution in [0, 0.1) is 24.2 Å². The van der Waals surface area contributed by atoms with Crippen molar-refractivity contribution in [3.05, 3.63) is 41.8 Å². The molecule has 1 heterocycles. The quantitative estimate of drug-likeness (QED) is 0.866. The molecule has 1 saturated carbocycles. The Balaban J connectivity index is 1.79. The number of hydrogen-bond acceptors (Lipinski definition) is 4. The highest BCUT2D eigenvalue weighted by Gasteiger charge is 2.63. The molecule has 1 aromatic heterocycles. The van der Waals surface area contributed by atoms with Gasteiger partial charge in [-0.1, -0.05) is 19.1 Å². The maximum atomic E-state index is 13.6. The summed E-state index contributed by atoms with van der Waals surface area (Å²) >= 11 is 0. The van der Waals surface area contributed by atoms with E-state index in [1.54, 1.807) is 12.3 Å². The molecule has 3 rings (SSSR count). The van der Waals surface area contributed by atoms with Crippen LogP contribution in [-0.2, 0) is 11.2 Å². The summed E-state index contributed by atoms with van der Waals surface area (Å²) in [7, 11) is 0. The molecule has 1 fully saturated rings. The lowest BCUT2D eigenvalue weighted by Gasteiger charge is -2.26. The summed E-state index contributed by atoms with van der Waals surface area (Å²) < 4.78 is 19.6. The molecule has 1 N–H and O–H groups in total. The summed E-state index contributed by atoms with van der Waals surface area (Å²) in [6.07, 6.45) is 8.04. The fourth-order valence-corrected chi connectivity index (χ4v) is 3.46. The first-order valence-corrected chi connectivity index (χ1v) is 8.17. The van der Waals surface area contributed by atoms with E-state index in [1.165, 1.54) is 6.08 Å². The molecular weight excluding hydrogens is 311 g/mol. The second-order valence-corrected chi connectivity index (χ2v) is 6.51. The molecule has 5 nitrogen and oxygen atoms in total. The van der Waals surface area contributed by atoms with E-state index in [0.717, 1.165) is 5.69 Å². The zero-order chi connectivity index (χ0) is 17.3. The third-order valence-electron chi connectivity index (χ3n) is 4.97. The zero-order valence-electron chi connectivity index (χ0n) is 13.8. The number of aryl methyl sites for hydroxylation is 2. The van der Waals surface area contributed by atoms with Gasteiger partial charge in [0.2, 0.25) is 0 Å². The van der Waals surface area contributed by atoms with Crippen molar-refractivity contribution in [2.24, 2.45) is 17.3 Å². The highest BCUT2D eigenvalue weighted by atomic mass is 19.1. The maximum Gasteiger partial charge on any atom is 0.307 e. The van der Waals surface area contributed by atoms with Gasteiger partial charge in [-0.15, -0.1) is 0 Å². The molecule has 0 aliphatic heterocycles. The average molecular weight is 332 g/mol. The molecule has 0 radical (unpaired) electrons. The number of aliphatic carboxylic acids is 1. The van der Waals surface area contributed by atoms with E-state index in [1.807, 2.05) is 19.9 Å². The van der Waals surface area contributed by atoms with Crippen LogP contribution in [0.15, 0.2) is 30.3 Å². The van der Waals surface area contributed by atoms with Gasteiger partial charge < -0.3 is 9.84 Å². The Kier molecular flexibility index (Phi) is 4.39. The number of carboxylic acids is 1. The number of aromatic nitrogens is 2. The van der Waals surface area contributed by atoms with Crippen LogP contribution < -0.4 is 4.74 Å². The van der Waals surface area contributed by atoms with Gasteiger partial charge >= 0.3 is 5.97 Å². The molecule has 128 valence electrons.